The fourth-order valence-corrected chi connectivity index (χ4v) is 3.42. The minimum Gasteiger partial charge on any atom is -0.354 e. The van der Waals surface area contributed by atoms with Gasteiger partial charge in [0.2, 0.25) is 5.91 Å². The standard InChI is InChI=1S/C18H25N3O/c1-2-20-11-5-7-16(20)14-19-18(22)10-13-21-12-9-15-6-3-4-8-17(15)21/h3-4,6,8-9,12,16H,2,5,7,10-11,13-14H2,1H3,(H,19,22)/t16-/m1/s1. The second kappa shape index (κ2) is 6.97. The third-order valence-electron chi connectivity index (χ3n) is 4.70. The van der Waals surface area contributed by atoms with Gasteiger partial charge in [0.05, 0.1) is 0 Å². The van der Waals surface area contributed by atoms with Gasteiger partial charge < -0.3 is 9.88 Å². The summed E-state index contributed by atoms with van der Waals surface area (Å²) in [7, 11) is 0. The summed E-state index contributed by atoms with van der Waals surface area (Å²) in [6, 6.07) is 10.9. The number of hydrogen-bond donors (Lipinski definition) is 1. The van der Waals surface area contributed by atoms with Crippen LogP contribution in [-0.2, 0) is 11.3 Å². The van der Waals surface area contributed by atoms with Crippen LogP contribution in [0.3, 0.4) is 0 Å². The highest BCUT2D eigenvalue weighted by Gasteiger charge is 2.22. The molecule has 0 aliphatic carbocycles. The second-order valence-electron chi connectivity index (χ2n) is 6.05. The zero-order valence-electron chi connectivity index (χ0n) is 13.3. The summed E-state index contributed by atoms with van der Waals surface area (Å²) < 4.78 is 2.16. The van der Waals surface area contributed by atoms with Gasteiger partial charge in [-0.05, 0) is 43.5 Å². The van der Waals surface area contributed by atoms with Crippen molar-refractivity contribution in [2.24, 2.45) is 0 Å². The Balaban J connectivity index is 1.48. The summed E-state index contributed by atoms with van der Waals surface area (Å²) >= 11 is 0. The van der Waals surface area contributed by atoms with Crippen LogP contribution >= 0.6 is 0 Å². The molecule has 1 aliphatic heterocycles. The number of likely N-dealkylation sites (N-methyl/N-ethyl adjacent to an activating group) is 1. The van der Waals surface area contributed by atoms with Crippen LogP contribution in [0.15, 0.2) is 36.5 Å². The Morgan fingerprint density at radius 2 is 2.18 bits per heavy atom. The van der Waals surface area contributed by atoms with Gasteiger partial charge in [0.15, 0.2) is 0 Å². The van der Waals surface area contributed by atoms with Gasteiger partial charge in [-0.3, -0.25) is 9.69 Å². The number of nitrogens with zero attached hydrogens (tertiary/aromatic N) is 2. The smallest absolute Gasteiger partial charge is 0.221 e. The molecule has 1 N–H and O–H groups in total. The lowest BCUT2D eigenvalue weighted by Crippen LogP contribution is -2.40. The minimum absolute atomic E-state index is 0.153. The van der Waals surface area contributed by atoms with E-state index in [1.807, 2.05) is 12.1 Å². The van der Waals surface area contributed by atoms with Crippen molar-refractivity contribution in [3.05, 3.63) is 36.5 Å². The highest BCUT2D eigenvalue weighted by molar-refractivity contribution is 5.80. The van der Waals surface area contributed by atoms with Crippen molar-refractivity contribution in [3.8, 4) is 0 Å². The zero-order valence-corrected chi connectivity index (χ0v) is 13.3. The average molecular weight is 299 g/mol. The molecule has 3 rings (SSSR count). The molecular weight excluding hydrogens is 274 g/mol. The van der Waals surface area contributed by atoms with E-state index in [4.69, 9.17) is 0 Å². The Labute approximate surface area is 132 Å². The molecule has 1 aromatic heterocycles. The summed E-state index contributed by atoms with van der Waals surface area (Å²) in [5, 5.41) is 4.33. The first-order chi connectivity index (χ1) is 10.8. The van der Waals surface area contributed by atoms with Crippen molar-refractivity contribution in [1.29, 1.82) is 0 Å². The molecular formula is C18H25N3O. The predicted octanol–water partition coefficient (Wildman–Crippen LogP) is 2.63. The molecule has 1 atom stereocenters. The van der Waals surface area contributed by atoms with Crippen LogP contribution in [0.2, 0.25) is 0 Å². The third kappa shape index (κ3) is 3.33. The van der Waals surface area contributed by atoms with Crippen LogP contribution in [0.5, 0.6) is 0 Å². The normalized spacial score (nSPS) is 18.9. The molecule has 1 amide bonds. The maximum Gasteiger partial charge on any atom is 0.221 e. The quantitative estimate of drug-likeness (QED) is 0.890. The van der Waals surface area contributed by atoms with Crippen LogP contribution in [0.1, 0.15) is 26.2 Å². The number of carbonyl (C=O) groups excluding carboxylic acids is 1. The zero-order chi connectivity index (χ0) is 15.4. The predicted molar refractivity (Wildman–Crippen MR) is 89.8 cm³/mol. The Bertz CT molecular complexity index is 634. The number of aryl methyl sites for hydroxylation is 1. The summed E-state index contributed by atoms with van der Waals surface area (Å²) in [6.07, 6.45) is 5.06. The lowest BCUT2D eigenvalue weighted by molar-refractivity contribution is -0.121. The third-order valence-corrected chi connectivity index (χ3v) is 4.70. The first-order valence-electron chi connectivity index (χ1n) is 8.32. The Hall–Kier alpha value is -1.81. The molecule has 4 nitrogen and oxygen atoms in total. The Morgan fingerprint density at radius 3 is 3.05 bits per heavy atom. The van der Waals surface area contributed by atoms with E-state index in [1.165, 1.54) is 30.3 Å². The molecule has 1 aromatic carbocycles. The van der Waals surface area contributed by atoms with Gasteiger partial charge in [0.1, 0.15) is 0 Å². The van der Waals surface area contributed by atoms with Crippen molar-refractivity contribution < 1.29 is 4.79 Å². The topological polar surface area (TPSA) is 37.3 Å². The van der Waals surface area contributed by atoms with E-state index in [-0.39, 0.29) is 5.91 Å². The summed E-state index contributed by atoms with van der Waals surface area (Å²) in [6.45, 7) is 5.97. The maximum absolute atomic E-state index is 12.1. The lowest BCUT2D eigenvalue weighted by Gasteiger charge is -2.22. The first kappa shape index (κ1) is 15.1. The average Bonchev–Trinajstić information content (AvgIpc) is 3.17. The number of benzene rings is 1. The van der Waals surface area contributed by atoms with E-state index < -0.39 is 0 Å². The SMILES string of the molecule is CCN1CCC[C@@H]1CNC(=O)CCn1ccc2ccccc21. The van der Waals surface area contributed by atoms with Crippen LogP contribution in [-0.4, -0.2) is 41.1 Å². The molecule has 1 fully saturated rings. The number of likely N-dealkylation sites (tertiary alicyclic amines) is 1. The molecule has 2 heterocycles. The number of fused-ring (bicyclic) bond motifs is 1. The molecule has 4 heteroatoms. The summed E-state index contributed by atoms with van der Waals surface area (Å²) in [5.74, 6) is 0.153. The number of carbonyl (C=O) groups is 1. The highest BCUT2D eigenvalue weighted by atomic mass is 16.1. The van der Waals surface area contributed by atoms with Gasteiger partial charge in [0, 0.05) is 37.3 Å². The van der Waals surface area contributed by atoms with E-state index in [9.17, 15) is 4.79 Å². The van der Waals surface area contributed by atoms with E-state index >= 15 is 0 Å². The fourth-order valence-electron chi connectivity index (χ4n) is 3.42. The summed E-state index contributed by atoms with van der Waals surface area (Å²) in [4.78, 5) is 14.5. The number of rotatable bonds is 6. The number of hydrogen-bond acceptors (Lipinski definition) is 2. The Kier molecular flexibility index (Phi) is 4.78. The van der Waals surface area contributed by atoms with Crippen LogP contribution in [0.25, 0.3) is 10.9 Å². The van der Waals surface area contributed by atoms with Gasteiger partial charge in [-0.15, -0.1) is 0 Å². The molecule has 22 heavy (non-hydrogen) atoms. The lowest BCUT2D eigenvalue weighted by atomic mass is 10.2. The molecule has 0 unspecified atom stereocenters. The molecule has 118 valence electrons. The molecule has 0 radical (unpaired) electrons. The van der Waals surface area contributed by atoms with Crippen LogP contribution in [0, 0.1) is 0 Å². The van der Waals surface area contributed by atoms with E-state index in [0.717, 1.165) is 19.6 Å². The van der Waals surface area contributed by atoms with Gasteiger partial charge in [0.25, 0.3) is 0 Å². The van der Waals surface area contributed by atoms with Gasteiger partial charge in [-0.25, -0.2) is 0 Å². The number of amides is 1. The Morgan fingerprint density at radius 1 is 1.32 bits per heavy atom. The maximum atomic E-state index is 12.1. The first-order valence-corrected chi connectivity index (χ1v) is 8.32. The van der Waals surface area contributed by atoms with Gasteiger partial charge >= 0.3 is 0 Å². The molecule has 0 bridgehead atoms. The molecule has 2 aromatic rings. The van der Waals surface area contributed by atoms with Crippen molar-refractivity contribution in [2.45, 2.75) is 38.8 Å². The number of aromatic nitrogens is 1. The largest absolute Gasteiger partial charge is 0.354 e. The summed E-state index contributed by atoms with van der Waals surface area (Å²) in [5.41, 5.74) is 1.20. The van der Waals surface area contributed by atoms with Crippen LogP contribution in [0.4, 0.5) is 0 Å². The molecule has 1 saturated heterocycles. The monoisotopic (exact) mass is 299 g/mol. The van der Waals surface area contributed by atoms with Crippen LogP contribution < -0.4 is 5.32 Å². The van der Waals surface area contributed by atoms with Crippen molar-refractivity contribution in [3.63, 3.8) is 0 Å². The van der Waals surface area contributed by atoms with Gasteiger partial charge in [-0.2, -0.15) is 0 Å². The number of para-hydroxylation sites is 1. The molecule has 0 saturated carbocycles. The van der Waals surface area contributed by atoms with Gasteiger partial charge in [-0.1, -0.05) is 25.1 Å². The van der Waals surface area contributed by atoms with Crippen molar-refractivity contribution in [1.82, 2.24) is 14.8 Å². The van der Waals surface area contributed by atoms with E-state index in [2.05, 4.69) is 46.1 Å². The molecule has 1 aliphatic rings. The number of nitrogens with one attached hydrogen (secondary N) is 1. The van der Waals surface area contributed by atoms with Crippen molar-refractivity contribution in [2.75, 3.05) is 19.6 Å². The second-order valence-corrected chi connectivity index (χ2v) is 6.05. The van der Waals surface area contributed by atoms with E-state index in [0.29, 0.717) is 12.5 Å². The minimum atomic E-state index is 0.153. The van der Waals surface area contributed by atoms with Crippen molar-refractivity contribution >= 4 is 16.8 Å². The highest BCUT2D eigenvalue weighted by Crippen LogP contribution is 2.16. The van der Waals surface area contributed by atoms with E-state index in [1.54, 1.807) is 0 Å². The fraction of sp³-hybridized carbons (Fsp3) is 0.500. The molecule has 0 spiro atoms.